The second kappa shape index (κ2) is 16.4. The third kappa shape index (κ3) is 9.75. The van der Waals surface area contributed by atoms with Crippen molar-refractivity contribution in [3.63, 3.8) is 0 Å². The zero-order chi connectivity index (χ0) is 29.5. The van der Waals surface area contributed by atoms with Crippen molar-refractivity contribution in [2.24, 2.45) is 10.8 Å². The molecule has 8 nitrogen and oxygen atoms in total. The summed E-state index contributed by atoms with van der Waals surface area (Å²) in [4.78, 5) is 30.3. The Morgan fingerprint density at radius 2 is 1.10 bits per heavy atom. The molecule has 0 saturated heterocycles. The Morgan fingerprint density at radius 3 is 1.46 bits per heavy atom. The van der Waals surface area contributed by atoms with Crippen LogP contribution < -0.4 is 32.5 Å². The quantitative estimate of drug-likeness (QED) is 0.115. The van der Waals surface area contributed by atoms with E-state index in [-0.39, 0.29) is 17.4 Å². The predicted molar refractivity (Wildman–Crippen MR) is 169 cm³/mol. The van der Waals surface area contributed by atoms with E-state index in [2.05, 4.69) is 111 Å². The van der Waals surface area contributed by atoms with Crippen LogP contribution in [0.4, 0.5) is 0 Å². The number of hydrogen-bond acceptors (Lipinski definition) is 4. The van der Waals surface area contributed by atoms with E-state index in [1.807, 2.05) is 0 Å². The number of pyridine rings is 2. The van der Waals surface area contributed by atoms with Gasteiger partial charge in [0.2, 0.25) is 0 Å². The third-order valence-corrected chi connectivity index (χ3v) is 8.35. The topological polar surface area (TPSA) is 140 Å². The van der Waals surface area contributed by atoms with Gasteiger partial charge in [-0.1, -0.05) is 96.1 Å². The number of hydrogen-bond donors (Lipinski definition) is 3. The van der Waals surface area contributed by atoms with Gasteiger partial charge in [0, 0.05) is 58.5 Å². The summed E-state index contributed by atoms with van der Waals surface area (Å²) in [6.45, 7) is 4.05. The number of azide groups is 1. The number of rotatable bonds is 6. The van der Waals surface area contributed by atoms with E-state index in [0.29, 0.717) is 17.8 Å². The first-order chi connectivity index (χ1) is 19.9. The van der Waals surface area contributed by atoms with Gasteiger partial charge in [-0.2, -0.15) is 0 Å². The molecule has 3 aromatic carbocycles. The molecule has 0 aliphatic carbocycles. The standard InChI is InChI=1S/C18H15P.C7H8N4O.C7H10N2O/c1-4-10-16(11-5-1)19(17-12-6-2-7-13-17)18-14-8-3-9-15-18;1-5-3-9-6(2-7(5)12)4-10-11-8;1-5-4-9-6(3-8)2-7(5)10/h1-15H;2-3H,4H2,1H3,(H,9,12);2,4H,3,8H2,1H3,(H,9,10). The summed E-state index contributed by atoms with van der Waals surface area (Å²) < 4.78 is 0. The molecule has 41 heavy (non-hydrogen) atoms. The molecule has 5 aromatic rings. The maximum atomic E-state index is 11.0. The van der Waals surface area contributed by atoms with Gasteiger partial charge < -0.3 is 15.7 Å². The van der Waals surface area contributed by atoms with E-state index >= 15 is 0 Å². The third-order valence-electron chi connectivity index (χ3n) is 5.90. The van der Waals surface area contributed by atoms with Crippen LogP contribution in [0, 0.1) is 13.8 Å². The van der Waals surface area contributed by atoms with E-state index in [9.17, 15) is 9.59 Å². The SMILES string of the molecule is Cc1c[nH]c(CN)cc1=O.Cc1c[nH]c(CN=[N+]=[N-])cc1=O.c1ccc(P(c2ccccc2)c2ccccc2)cc1. The smallest absolute Gasteiger partial charge is 0.184 e. The van der Waals surface area contributed by atoms with Gasteiger partial charge in [0.1, 0.15) is 0 Å². The number of aromatic amines is 2. The minimum atomic E-state index is -0.446. The Morgan fingerprint density at radius 1 is 0.707 bits per heavy atom. The molecular formula is C32H33N6O2P. The summed E-state index contributed by atoms with van der Waals surface area (Å²) in [7, 11) is -0.446. The Balaban J connectivity index is 0.000000182. The lowest BCUT2D eigenvalue weighted by molar-refractivity contribution is 0.965. The molecule has 4 N–H and O–H groups in total. The van der Waals surface area contributed by atoms with E-state index < -0.39 is 7.92 Å². The number of nitrogens with one attached hydrogen (secondary N) is 2. The molecule has 208 valence electrons. The van der Waals surface area contributed by atoms with Crippen molar-refractivity contribution >= 4 is 23.8 Å². The van der Waals surface area contributed by atoms with Gasteiger partial charge in [0.25, 0.3) is 0 Å². The largest absolute Gasteiger partial charge is 0.364 e. The highest BCUT2D eigenvalue weighted by Crippen LogP contribution is 2.32. The average Bonchev–Trinajstić information content (AvgIpc) is 3.01. The molecule has 0 aliphatic heterocycles. The van der Waals surface area contributed by atoms with Crippen LogP contribution in [-0.2, 0) is 13.1 Å². The lowest BCUT2D eigenvalue weighted by Gasteiger charge is -2.18. The summed E-state index contributed by atoms with van der Waals surface area (Å²) in [6, 6.07) is 35.3. The molecule has 0 aliphatic rings. The Bertz CT molecular complexity index is 1570. The zero-order valence-electron chi connectivity index (χ0n) is 23.1. The second-order valence-corrected chi connectivity index (χ2v) is 11.2. The van der Waals surface area contributed by atoms with Crippen LogP contribution in [0.1, 0.15) is 22.5 Å². The summed E-state index contributed by atoms with van der Waals surface area (Å²) in [6.07, 6.45) is 3.27. The maximum absolute atomic E-state index is 11.0. The van der Waals surface area contributed by atoms with Crippen molar-refractivity contribution in [2.75, 3.05) is 0 Å². The lowest BCUT2D eigenvalue weighted by atomic mass is 10.2. The number of benzene rings is 3. The van der Waals surface area contributed by atoms with Crippen molar-refractivity contribution in [1.29, 1.82) is 0 Å². The fourth-order valence-electron chi connectivity index (χ4n) is 3.67. The summed E-state index contributed by atoms with van der Waals surface area (Å²) in [5.74, 6) is 0. The summed E-state index contributed by atoms with van der Waals surface area (Å²) in [5.41, 5.74) is 16.1. The van der Waals surface area contributed by atoms with Gasteiger partial charge in [0.05, 0.1) is 6.54 Å². The second-order valence-electron chi connectivity index (χ2n) is 8.95. The number of nitrogens with two attached hydrogens (primary N) is 1. The van der Waals surface area contributed by atoms with Gasteiger partial charge in [-0.05, 0) is 43.2 Å². The van der Waals surface area contributed by atoms with Crippen LogP contribution in [-0.4, -0.2) is 9.97 Å². The average molecular weight is 565 g/mol. The highest BCUT2D eigenvalue weighted by atomic mass is 31.1. The first-order valence-electron chi connectivity index (χ1n) is 13.0. The van der Waals surface area contributed by atoms with Crippen LogP contribution in [0.25, 0.3) is 10.4 Å². The summed E-state index contributed by atoms with van der Waals surface area (Å²) >= 11 is 0. The number of H-pyrrole nitrogens is 2. The summed E-state index contributed by atoms with van der Waals surface area (Å²) in [5, 5.41) is 7.52. The molecule has 0 unspecified atom stereocenters. The monoisotopic (exact) mass is 564 g/mol. The van der Waals surface area contributed by atoms with Crippen molar-refractivity contribution in [3.8, 4) is 0 Å². The van der Waals surface area contributed by atoms with Crippen LogP contribution in [0.3, 0.4) is 0 Å². The number of aryl methyl sites for hydroxylation is 2. The highest BCUT2D eigenvalue weighted by molar-refractivity contribution is 7.79. The molecule has 0 atom stereocenters. The van der Waals surface area contributed by atoms with Gasteiger partial charge in [0.15, 0.2) is 10.9 Å². The van der Waals surface area contributed by atoms with E-state index in [1.54, 1.807) is 26.2 Å². The highest BCUT2D eigenvalue weighted by Gasteiger charge is 2.15. The fraction of sp³-hybridized carbons (Fsp3) is 0.125. The first kappa shape index (κ1) is 30.8. The van der Waals surface area contributed by atoms with Crippen molar-refractivity contribution in [1.82, 2.24) is 9.97 Å². The van der Waals surface area contributed by atoms with Crippen LogP contribution >= 0.6 is 7.92 Å². The molecule has 2 aromatic heterocycles. The van der Waals surface area contributed by atoms with Gasteiger partial charge in [-0.25, -0.2) is 0 Å². The molecule has 0 saturated carbocycles. The minimum absolute atomic E-state index is 0.0409. The minimum Gasteiger partial charge on any atom is -0.364 e. The van der Waals surface area contributed by atoms with Crippen LogP contribution in [0.5, 0.6) is 0 Å². The number of aromatic nitrogens is 2. The van der Waals surface area contributed by atoms with Crippen LogP contribution in [0.15, 0.2) is 130 Å². The first-order valence-corrected chi connectivity index (χ1v) is 14.3. The molecule has 5 rings (SSSR count). The number of nitrogens with zero attached hydrogens (tertiary/aromatic N) is 3. The molecule has 0 radical (unpaired) electrons. The Labute approximate surface area is 240 Å². The molecule has 0 fully saturated rings. The van der Waals surface area contributed by atoms with Gasteiger partial charge >= 0.3 is 0 Å². The van der Waals surface area contributed by atoms with Gasteiger partial charge in [-0.3, -0.25) is 9.59 Å². The molecule has 2 heterocycles. The fourth-order valence-corrected chi connectivity index (χ4v) is 5.97. The van der Waals surface area contributed by atoms with E-state index in [1.165, 1.54) is 28.0 Å². The van der Waals surface area contributed by atoms with E-state index in [4.69, 9.17) is 11.3 Å². The zero-order valence-corrected chi connectivity index (χ0v) is 24.0. The maximum Gasteiger partial charge on any atom is 0.184 e. The predicted octanol–water partition coefficient (Wildman–Crippen LogP) is 5.08. The van der Waals surface area contributed by atoms with Crippen molar-refractivity contribution < 1.29 is 0 Å². The molecule has 0 bridgehead atoms. The normalized spacial score (nSPS) is 9.95. The van der Waals surface area contributed by atoms with Crippen LogP contribution in [0.2, 0.25) is 0 Å². The van der Waals surface area contributed by atoms with E-state index in [0.717, 1.165) is 11.3 Å². The van der Waals surface area contributed by atoms with Gasteiger partial charge in [-0.15, -0.1) is 0 Å². The molecule has 9 heteroatoms. The lowest BCUT2D eigenvalue weighted by Crippen LogP contribution is -2.20. The molecular weight excluding hydrogens is 531 g/mol. The van der Waals surface area contributed by atoms with Crippen molar-refractivity contribution in [2.45, 2.75) is 26.9 Å². The van der Waals surface area contributed by atoms with Crippen molar-refractivity contribution in [3.05, 3.63) is 169 Å². The molecule has 0 spiro atoms. The Hall–Kier alpha value is -4.74. The molecule has 0 amide bonds. The Kier molecular flexibility index (Phi) is 12.3.